The number of hydrogen-bond acceptors (Lipinski definition) is 3. The van der Waals surface area contributed by atoms with Gasteiger partial charge >= 0.3 is 0 Å². The zero-order valence-electron chi connectivity index (χ0n) is 12.0. The van der Waals surface area contributed by atoms with E-state index in [1.807, 2.05) is 40.0 Å². The highest BCUT2D eigenvalue weighted by atomic mass is 32.2. The average Bonchev–Trinajstić information content (AvgIpc) is 2.24. The Balaban J connectivity index is 2.40. The van der Waals surface area contributed by atoms with Crippen LogP contribution in [0.1, 0.15) is 37.3 Å². The summed E-state index contributed by atoms with van der Waals surface area (Å²) in [5, 5.41) is 3.04. The number of nitrogens with one attached hydrogen (secondary N) is 2. The quantitative estimate of drug-likeness (QED) is 0.892. The molecule has 0 aliphatic heterocycles. The van der Waals surface area contributed by atoms with Crippen molar-refractivity contribution in [2.24, 2.45) is 0 Å². The summed E-state index contributed by atoms with van der Waals surface area (Å²) in [4.78, 5) is 0.416. The minimum atomic E-state index is -3.44. The fraction of sp³-hybridized carbons (Fsp3) is 0.571. The van der Waals surface area contributed by atoms with Crippen molar-refractivity contribution in [3.8, 4) is 0 Å². The van der Waals surface area contributed by atoms with E-state index in [1.54, 1.807) is 0 Å². The average molecular weight is 282 g/mol. The standard InChI is InChI=1S/C14H22N2O2S/c1-10-8-12(15-4)9-11(2)13(10)19(17,18)16-14(3)6-5-7-14/h8-9,15-16H,5-7H2,1-4H3. The minimum absolute atomic E-state index is 0.264. The van der Waals surface area contributed by atoms with Crippen molar-refractivity contribution in [2.45, 2.75) is 50.5 Å². The maximum Gasteiger partial charge on any atom is 0.241 e. The minimum Gasteiger partial charge on any atom is -0.388 e. The molecule has 1 aromatic rings. The molecule has 0 unspecified atom stereocenters. The van der Waals surface area contributed by atoms with Gasteiger partial charge in [-0.05, 0) is 63.3 Å². The van der Waals surface area contributed by atoms with Crippen molar-refractivity contribution in [3.63, 3.8) is 0 Å². The summed E-state index contributed by atoms with van der Waals surface area (Å²) in [5.74, 6) is 0. The SMILES string of the molecule is CNc1cc(C)c(S(=O)(=O)NC2(C)CCC2)c(C)c1. The van der Waals surface area contributed by atoms with Crippen molar-refractivity contribution < 1.29 is 8.42 Å². The zero-order chi connectivity index (χ0) is 14.3. The van der Waals surface area contributed by atoms with E-state index in [1.165, 1.54) is 0 Å². The number of rotatable bonds is 4. The molecule has 1 aliphatic rings. The Labute approximate surface area is 115 Å². The van der Waals surface area contributed by atoms with Crippen LogP contribution >= 0.6 is 0 Å². The summed E-state index contributed by atoms with van der Waals surface area (Å²) in [5.41, 5.74) is 2.22. The fourth-order valence-electron chi connectivity index (χ4n) is 2.70. The van der Waals surface area contributed by atoms with Crippen molar-refractivity contribution in [1.29, 1.82) is 0 Å². The maximum atomic E-state index is 12.6. The molecule has 0 saturated heterocycles. The lowest BCUT2D eigenvalue weighted by Gasteiger charge is -2.38. The summed E-state index contributed by atoms with van der Waals surface area (Å²) in [6.45, 7) is 5.65. The highest BCUT2D eigenvalue weighted by Gasteiger charge is 2.37. The molecule has 0 radical (unpaired) electrons. The molecule has 0 heterocycles. The van der Waals surface area contributed by atoms with Crippen molar-refractivity contribution in [1.82, 2.24) is 4.72 Å². The van der Waals surface area contributed by atoms with E-state index in [2.05, 4.69) is 10.0 Å². The van der Waals surface area contributed by atoms with Crippen LogP contribution in [0.4, 0.5) is 5.69 Å². The number of anilines is 1. The van der Waals surface area contributed by atoms with Crippen LogP contribution in [0.15, 0.2) is 17.0 Å². The predicted octanol–water partition coefficient (Wildman–Crippen LogP) is 2.57. The van der Waals surface area contributed by atoms with E-state index in [0.717, 1.165) is 36.1 Å². The molecule has 4 nitrogen and oxygen atoms in total. The highest BCUT2D eigenvalue weighted by molar-refractivity contribution is 7.89. The fourth-order valence-corrected chi connectivity index (χ4v) is 4.62. The summed E-state index contributed by atoms with van der Waals surface area (Å²) < 4.78 is 28.0. The third kappa shape index (κ3) is 2.77. The molecule has 0 spiro atoms. The summed E-state index contributed by atoms with van der Waals surface area (Å²) in [6, 6.07) is 3.73. The Morgan fingerprint density at radius 2 is 1.68 bits per heavy atom. The molecule has 0 amide bonds. The number of benzene rings is 1. The number of hydrogen-bond donors (Lipinski definition) is 2. The van der Waals surface area contributed by atoms with Gasteiger partial charge in [-0.15, -0.1) is 0 Å². The molecule has 0 aromatic heterocycles. The molecular formula is C14H22N2O2S. The number of sulfonamides is 1. The molecule has 0 atom stereocenters. The summed E-state index contributed by atoms with van der Waals surface area (Å²) in [7, 11) is -1.61. The van der Waals surface area contributed by atoms with E-state index in [-0.39, 0.29) is 5.54 Å². The van der Waals surface area contributed by atoms with Crippen LogP contribution in [0, 0.1) is 13.8 Å². The van der Waals surface area contributed by atoms with E-state index < -0.39 is 10.0 Å². The lowest BCUT2D eigenvalue weighted by atomic mass is 9.80. The van der Waals surface area contributed by atoms with Gasteiger partial charge in [0, 0.05) is 18.3 Å². The van der Waals surface area contributed by atoms with Crippen LogP contribution in [0.25, 0.3) is 0 Å². The second-order valence-corrected chi connectivity index (χ2v) is 7.33. The van der Waals surface area contributed by atoms with E-state index in [9.17, 15) is 8.42 Å². The Bertz CT molecular complexity index is 566. The third-order valence-corrected chi connectivity index (χ3v) is 5.80. The predicted molar refractivity (Wildman–Crippen MR) is 78.0 cm³/mol. The Morgan fingerprint density at radius 1 is 1.16 bits per heavy atom. The molecule has 19 heavy (non-hydrogen) atoms. The van der Waals surface area contributed by atoms with Crippen LogP contribution in [-0.2, 0) is 10.0 Å². The van der Waals surface area contributed by atoms with Crippen LogP contribution in [0.5, 0.6) is 0 Å². The van der Waals surface area contributed by atoms with Gasteiger partial charge in [0.05, 0.1) is 4.90 Å². The van der Waals surface area contributed by atoms with E-state index in [4.69, 9.17) is 0 Å². The van der Waals surface area contributed by atoms with Crippen molar-refractivity contribution in [2.75, 3.05) is 12.4 Å². The molecular weight excluding hydrogens is 260 g/mol. The van der Waals surface area contributed by atoms with Gasteiger partial charge in [0.1, 0.15) is 0 Å². The number of aryl methyl sites for hydroxylation is 2. The van der Waals surface area contributed by atoms with Crippen LogP contribution in [0.2, 0.25) is 0 Å². The summed E-state index contributed by atoms with van der Waals surface area (Å²) >= 11 is 0. The van der Waals surface area contributed by atoms with Gasteiger partial charge in [0.15, 0.2) is 0 Å². The van der Waals surface area contributed by atoms with Gasteiger partial charge < -0.3 is 5.32 Å². The lowest BCUT2D eigenvalue weighted by molar-refractivity contribution is 0.248. The second kappa shape index (κ2) is 4.80. The molecule has 1 aromatic carbocycles. The molecule has 5 heteroatoms. The molecule has 1 fully saturated rings. The summed E-state index contributed by atoms with van der Waals surface area (Å²) in [6.07, 6.45) is 2.92. The monoisotopic (exact) mass is 282 g/mol. The molecule has 1 aliphatic carbocycles. The van der Waals surface area contributed by atoms with Crippen LogP contribution in [-0.4, -0.2) is 21.0 Å². The van der Waals surface area contributed by atoms with Gasteiger partial charge in [0.2, 0.25) is 10.0 Å². The first kappa shape index (κ1) is 14.3. The molecule has 106 valence electrons. The normalized spacial score (nSPS) is 17.9. The highest BCUT2D eigenvalue weighted by Crippen LogP contribution is 2.34. The van der Waals surface area contributed by atoms with Gasteiger partial charge in [-0.3, -0.25) is 0 Å². The topological polar surface area (TPSA) is 58.2 Å². The van der Waals surface area contributed by atoms with Gasteiger partial charge in [-0.1, -0.05) is 0 Å². The van der Waals surface area contributed by atoms with E-state index >= 15 is 0 Å². The Kier molecular flexibility index (Phi) is 3.62. The second-order valence-electron chi connectivity index (χ2n) is 5.71. The lowest BCUT2D eigenvalue weighted by Crippen LogP contribution is -2.50. The van der Waals surface area contributed by atoms with E-state index in [0.29, 0.717) is 4.90 Å². The van der Waals surface area contributed by atoms with Crippen LogP contribution in [0.3, 0.4) is 0 Å². The third-order valence-electron chi connectivity index (χ3n) is 3.86. The van der Waals surface area contributed by atoms with Gasteiger partial charge in [-0.25, -0.2) is 13.1 Å². The molecule has 1 saturated carbocycles. The largest absolute Gasteiger partial charge is 0.388 e. The first-order chi connectivity index (χ1) is 8.77. The van der Waals surface area contributed by atoms with Crippen molar-refractivity contribution >= 4 is 15.7 Å². The van der Waals surface area contributed by atoms with Crippen molar-refractivity contribution in [3.05, 3.63) is 23.3 Å². The molecule has 2 N–H and O–H groups in total. The first-order valence-electron chi connectivity index (χ1n) is 6.60. The maximum absolute atomic E-state index is 12.6. The zero-order valence-corrected chi connectivity index (χ0v) is 12.8. The first-order valence-corrected chi connectivity index (χ1v) is 8.09. The Hall–Kier alpha value is -1.07. The Morgan fingerprint density at radius 3 is 2.05 bits per heavy atom. The molecule has 0 bridgehead atoms. The molecule has 2 rings (SSSR count). The van der Waals surface area contributed by atoms with Gasteiger partial charge in [0.25, 0.3) is 0 Å². The smallest absolute Gasteiger partial charge is 0.241 e. The van der Waals surface area contributed by atoms with Crippen LogP contribution < -0.4 is 10.0 Å². The van der Waals surface area contributed by atoms with Gasteiger partial charge in [-0.2, -0.15) is 0 Å².